The summed E-state index contributed by atoms with van der Waals surface area (Å²) in [6.07, 6.45) is 4.18. The van der Waals surface area contributed by atoms with Crippen molar-refractivity contribution >= 4 is 0 Å². The molecule has 1 N–H and O–H groups in total. The second-order valence-corrected chi connectivity index (χ2v) is 7.28. The Hall–Kier alpha value is -2.99. The van der Waals surface area contributed by atoms with E-state index in [1.54, 1.807) is 19.5 Å². The van der Waals surface area contributed by atoms with Gasteiger partial charge in [-0.2, -0.15) is 0 Å². The Morgan fingerprint density at radius 1 is 1.18 bits per heavy atom. The van der Waals surface area contributed by atoms with E-state index in [-0.39, 0.29) is 5.56 Å². The largest absolute Gasteiger partial charge is 0.496 e. The minimum Gasteiger partial charge on any atom is -0.496 e. The maximum Gasteiger partial charge on any atom is 0.255 e. The van der Waals surface area contributed by atoms with Crippen LogP contribution in [0.3, 0.4) is 0 Å². The van der Waals surface area contributed by atoms with Gasteiger partial charge in [0.15, 0.2) is 0 Å². The van der Waals surface area contributed by atoms with E-state index in [0.29, 0.717) is 12.4 Å². The molecule has 0 unspecified atom stereocenters. The Balaban J connectivity index is 1.57. The van der Waals surface area contributed by atoms with Crippen molar-refractivity contribution in [1.29, 1.82) is 0 Å². The molecule has 6 nitrogen and oxygen atoms in total. The Kier molecular flexibility index (Phi) is 4.96. The van der Waals surface area contributed by atoms with E-state index in [2.05, 4.69) is 40.8 Å². The van der Waals surface area contributed by atoms with Crippen LogP contribution >= 0.6 is 0 Å². The molecule has 0 amide bonds. The molecule has 0 aliphatic carbocycles. The Morgan fingerprint density at radius 3 is 2.71 bits per heavy atom. The van der Waals surface area contributed by atoms with Gasteiger partial charge in [-0.25, -0.2) is 4.98 Å². The Morgan fingerprint density at radius 2 is 1.96 bits per heavy atom. The molecule has 0 atom stereocenters. The van der Waals surface area contributed by atoms with Crippen molar-refractivity contribution < 1.29 is 4.74 Å². The van der Waals surface area contributed by atoms with Crippen molar-refractivity contribution in [1.82, 2.24) is 19.9 Å². The number of hydrogen-bond acceptors (Lipinski definition) is 5. The molecular formula is C22H24N4O2. The topological polar surface area (TPSA) is 71.1 Å². The summed E-state index contributed by atoms with van der Waals surface area (Å²) in [6.45, 7) is 6.46. The first-order valence-electron chi connectivity index (χ1n) is 9.44. The van der Waals surface area contributed by atoms with Crippen molar-refractivity contribution in [2.24, 2.45) is 0 Å². The predicted molar refractivity (Wildman–Crippen MR) is 108 cm³/mol. The van der Waals surface area contributed by atoms with Crippen LogP contribution in [0.1, 0.15) is 27.9 Å². The van der Waals surface area contributed by atoms with Crippen LogP contribution in [0.4, 0.5) is 0 Å². The molecule has 1 aromatic carbocycles. The lowest BCUT2D eigenvalue weighted by Gasteiger charge is -2.28. The minimum absolute atomic E-state index is 0.0517. The molecular weight excluding hydrogens is 352 g/mol. The zero-order valence-electron chi connectivity index (χ0n) is 16.5. The van der Waals surface area contributed by atoms with E-state index in [0.717, 1.165) is 47.6 Å². The summed E-state index contributed by atoms with van der Waals surface area (Å²) in [5.41, 5.74) is 6.09. The summed E-state index contributed by atoms with van der Waals surface area (Å²) in [4.78, 5) is 26.7. The molecule has 0 radical (unpaired) electrons. The molecule has 3 heterocycles. The quantitative estimate of drug-likeness (QED) is 0.758. The summed E-state index contributed by atoms with van der Waals surface area (Å²) >= 11 is 0. The number of hydrogen-bond donors (Lipinski definition) is 1. The Bertz CT molecular complexity index is 1060. The number of aromatic nitrogens is 3. The normalized spacial score (nSPS) is 14.0. The number of nitrogens with zero attached hydrogens (tertiary/aromatic N) is 3. The first-order valence-corrected chi connectivity index (χ1v) is 9.44. The van der Waals surface area contributed by atoms with Crippen LogP contribution in [-0.4, -0.2) is 33.5 Å². The van der Waals surface area contributed by atoms with Crippen molar-refractivity contribution in [3.8, 4) is 17.1 Å². The molecule has 3 aromatic rings. The second-order valence-electron chi connectivity index (χ2n) is 7.28. The summed E-state index contributed by atoms with van der Waals surface area (Å²) in [5.74, 6) is 1.52. The number of rotatable bonds is 4. The van der Waals surface area contributed by atoms with Crippen LogP contribution in [0.15, 0.2) is 41.5 Å². The molecule has 1 aliphatic rings. The first-order chi connectivity index (χ1) is 13.5. The number of methoxy groups -OCH3 is 1. The second kappa shape index (κ2) is 7.56. The maximum atomic E-state index is 12.7. The highest BCUT2D eigenvalue weighted by atomic mass is 16.5. The maximum absolute atomic E-state index is 12.7. The average Bonchev–Trinajstić information content (AvgIpc) is 2.71. The third-order valence-corrected chi connectivity index (χ3v) is 5.35. The van der Waals surface area contributed by atoms with Gasteiger partial charge < -0.3 is 9.72 Å². The number of aryl methyl sites for hydroxylation is 2. The van der Waals surface area contributed by atoms with E-state index in [4.69, 9.17) is 9.72 Å². The van der Waals surface area contributed by atoms with Gasteiger partial charge in [-0.1, -0.05) is 6.07 Å². The zero-order chi connectivity index (χ0) is 19.7. The zero-order valence-corrected chi connectivity index (χ0v) is 16.5. The molecule has 0 bridgehead atoms. The van der Waals surface area contributed by atoms with Gasteiger partial charge in [-0.3, -0.25) is 14.7 Å². The highest BCUT2D eigenvalue weighted by Gasteiger charge is 2.22. The van der Waals surface area contributed by atoms with Crippen LogP contribution in [0.25, 0.3) is 11.4 Å². The van der Waals surface area contributed by atoms with Gasteiger partial charge in [0.05, 0.1) is 18.4 Å². The standard InChI is InChI=1S/C22H24N4O2/c1-14-11-20(28-3)15(2)10-17(14)12-26-9-6-19-18(13-26)22(27)25-21(24-19)16-4-7-23-8-5-16/h4-5,7-8,10-11H,6,9,12-13H2,1-3H3,(H,24,25,27). The van der Waals surface area contributed by atoms with Crippen molar-refractivity contribution in [2.75, 3.05) is 13.7 Å². The monoisotopic (exact) mass is 376 g/mol. The molecule has 6 heteroatoms. The molecule has 1 aliphatic heterocycles. The molecule has 144 valence electrons. The molecule has 4 rings (SSSR count). The van der Waals surface area contributed by atoms with E-state index in [9.17, 15) is 4.79 Å². The summed E-state index contributed by atoms with van der Waals surface area (Å²) in [7, 11) is 1.70. The third kappa shape index (κ3) is 3.55. The van der Waals surface area contributed by atoms with Crippen LogP contribution in [-0.2, 0) is 19.5 Å². The van der Waals surface area contributed by atoms with Crippen LogP contribution in [0, 0.1) is 13.8 Å². The molecule has 0 saturated heterocycles. The van der Waals surface area contributed by atoms with Gasteiger partial charge >= 0.3 is 0 Å². The van der Waals surface area contributed by atoms with Gasteiger partial charge in [-0.05, 0) is 48.7 Å². The fourth-order valence-corrected chi connectivity index (χ4v) is 3.74. The van der Waals surface area contributed by atoms with Gasteiger partial charge in [0, 0.05) is 44.0 Å². The number of ether oxygens (including phenoxy) is 1. The molecule has 0 spiro atoms. The van der Waals surface area contributed by atoms with Gasteiger partial charge in [0.1, 0.15) is 11.6 Å². The molecule has 0 fully saturated rings. The van der Waals surface area contributed by atoms with E-state index >= 15 is 0 Å². The number of pyridine rings is 1. The highest BCUT2D eigenvalue weighted by Crippen LogP contribution is 2.25. The summed E-state index contributed by atoms with van der Waals surface area (Å²) in [6, 6.07) is 7.97. The van der Waals surface area contributed by atoms with Gasteiger partial charge in [0.25, 0.3) is 5.56 Å². The number of fused-ring (bicyclic) bond motifs is 1. The SMILES string of the molecule is COc1cc(C)c(CN2CCc3nc(-c4ccncc4)[nH]c(=O)c3C2)cc1C. The first kappa shape index (κ1) is 18.4. The number of H-pyrrole nitrogens is 1. The molecule has 0 saturated carbocycles. The van der Waals surface area contributed by atoms with E-state index < -0.39 is 0 Å². The smallest absolute Gasteiger partial charge is 0.255 e. The summed E-state index contributed by atoms with van der Waals surface area (Å²) in [5, 5.41) is 0. The van der Waals surface area contributed by atoms with Crippen molar-refractivity contribution in [3.05, 3.63) is 75.0 Å². The van der Waals surface area contributed by atoms with Crippen LogP contribution in [0.5, 0.6) is 5.75 Å². The van der Waals surface area contributed by atoms with E-state index in [1.165, 1.54) is 11.1 Å². The fourth-order valence-electron chi connectivity index (χ4n) is 3.74. The highest BCUT2D eigenvalue weighted by molar-refractivity contribution is 5.54. The van der Waals surface area contributed by atoms with Crippen LogP contribution in [0.2, 0.25) is 0 Å². The lowest BCUT2D eigenvalue weighted by Crippen LogP contribution is -2.35. The predicted octanol–water partition coefficient (Wildman–Crippen LogP) is 3.02. The van der Waals surface area contributed by atoms with Crippen molar-refractivity contribution in [3.63, 3.8) is 0 Å². The molecule has 2 aromatic heterocycles. The number of benzene rings is 1. The summed E-state index contributed by atoms with van der Waals surface area (Å²) < 4.78 is 5.41. The lowest BCUT2D eigenvalue weighted by molar-refractivity contribution is 0.241. The van der Waals surface area contributed by atoms with Crippen molar-refractivity contribution in [2.45, 2.75) is 33.4 Å². The fraction of sp³-hybridized carbons (Fsp3) is 0.318. The lowest BCUT2D eigenvalue weighted by atomic mass is 10.0. The third-order valence-electron chi connectivity index (χ3n) is 5.35. The average molecular weight is 376 g/mol. The number of aromatic amines is 1. The van der Waals surface area contributed by atoms with Gasteiger partial charge in [-0.15, -0.1) is 0 Å². The van der Waals surface area contributed by atoms with E-state index in [1.807, 2.05) is 12.1 Å². The van der Waals surface area contributed by atoms with Gasteiger partial charge in [0.2, 0.25) is 0 Å². The Labute approximate surface area is 164 Å². The number of nitrogens with one attached hydrogen (secondary N) is 1. The van der Waals surface area contributed by atoms with Crippen LogP contribution < -0.4 is 10.3 Å². The molecule has 28 heavy (non-hydrogen) atoms. The minimum atomic E-state index is -0.0517.